The predicted molar refractivity (Wildman–Crippen MR) is 58.2 cm³/mol. The fourth-order valence-electron chi connectivity index (χ4n) is 1.56. The van der Waals surface area contributed by atoms with Crippen molar-refractivity contribution < 1.29 is 9.53 Å². The van der Waals surface area contributed by atoms with Crippen molar-refractivity contribution in [3.63, 3.8) is 0 Å². The number of nitrogens with one attached hydrogen (secondary N) is 2. The Balaban J connectivity index is 2.60. The Labute approximate surface area is 87.2 Å². The van der Waals surface area contributed by atoms with Crippen LogP contribution in [0, 0.1) is 0 Å². The largest absolute Gasteiger partial charge is 0.496 e. The van der Waals surface area contributed by atoms with E-state index >= 15 is 0 Å². The number of aromatic nitrogens is 1. The van der Waals surface area contributed by atoms with Gasteiger partial charge in [-0.05, 0) is 18.2 Å². The number of hydrogen-bond acceptors (Lipinski definition) is 2. The molecular formula is C11H12N2O2. The highest BCUT2D eigenvalue weighted by atomic mass is 16.5. The molecule has 2 N–H and O–H groups in total. The SMILES string of the molecule is CNC(=O)c1cc2c(OC)cccc2[nH]1. The first-order chi connectivity index (χ1) is 7.26. The maximum atomic E-state index is 11.4. The van der Waals surface area contributed by atoms with Crippen molar-refractivity contribution in [2.75, 3.05) is 14.2 Å². The van der Waals surface area contributed by atoms with Crippen molar-refractivity contribution in [3.05, 3.63) is 30.0 Å². The molecule has 2 rings (SSSR count). The predicted octanol–water partition coefficient (Wildman–Crippen LogP) is 1.54. The summed E-state index contributed by atoms with van der Waals surface area (Å²) >= 11 is 0. The molecule has 0 saturated heterocycles. The lowest BCUT2D eigenvalue weighted by atomic mass is 10.2. The first kappa shape index (κ1) is 9.58. The Bertz CT molecular complexity index is 502. The number of carbonyl (C=O) groups excluding carboxylic acids is 1. The number of hydrogen-bond donors (Lipinski definition) is 2. The third kappa shape index (κ3) is 1.54. The van der Waals surface area contributed by atoms with Crippen LogP contribution in [-0.4, -0.2) is 25.0 Å². The molecule has 1 amide bonds. The van der Waals surface area contributed by atoms with Gasteiger partial charge in [-0.25, -0.2) is 0 Å². The quantitative estimate of drug-likeness (QED) is 0.779. The molecular weight excluding hydrogens is 192 g/mol. The molecule has 0 unspecified atom stereocenters. The number of H-pyrrole nitrogens is 1. The summed E-state index contributed by atoms with van der Waals surface area (Å²) in [7, 11) is 3.21. The average molecular weight is 204 g/mol. The van der Waals surface area contributed by atoms with Crippen LogP contribution in [0.25, 0.3) is 10.9 Å². The number of amides is 1. The molecule has 0 saturated carbocycles. The highest BCUT2D eigenvalue weighted by Gasteiger charge is 2.09. The minimum absolute atomic E-state index is 0.131. The van der Waals surface area contributed by atoms with Crippen molar-refractivity contribution in [1.29, 1.82) is 0 Å². The van der Waals surface area contributed by atoms with Gasteiger partial charge in [-0.15, -0.1) is 0 Å². The lowest BCUT2D eigenvalue weighted by Gasteiger charge is -1.99. The summed E-state index contributed by atoms with van der Waals surface area (Å²) in [5, 5.41) is 3.48. The normalized spacial score (nSPS) is 10.3. The lowest BCUT2D eigenvalue weighted by Crippen LogP contribution is -2.17. The minimum atomic E-state index is -0.131. The molecule has 78 valence electrons. The van der Waals surface area contributed by atoms with Crippen molar-refractivity contribution in [2.45, 2.75) is 0 Å². The standard InChI is InChI=1S/C11H12N2O2/c1-12-11(14)9-6-7-8(13-9)4-3-5-10(7)15-2/h3-6,13H,1-2H3,(H,12,14). The first-order valence-electron chi connectivity index (χ1n) is 4.64. The first-order valence-corrected chi connectivity index (χ1v) is 4.64. The Hall–Kier alpha value is -1.97. The second-order valence-electron chi connectivity index (χ2n) is 3.18. The third-order valence-electron chi connectivity index (χ3n) is 2.32. The van der Waals surface area contributed by atoms with Crippen LogP contribution in [0.4, 0.5) is 0 Å². The Morgan fingerprint density at radius 1 is 1.47 bits per heavy atom. The van der Waals surface area contributed by atoms with Crippen LogP contribution >= 0.6 is 0 Å². The molecule has 0 radical (unpaired) electrons. The Morgan fingerprint density at radius 3 is 2.93 bits per heavy atom. The Morgan fingerprint density at radius 2 is 2.27 bits per heavy atom. The molecule has 4 nitrogen and oxygen atoms in total. The molecule has 4 heteroatoms. The summed E-state index contributed by atoms with van der Waals surface area (Å²) in [6.45, 7) is 0. The molecule has 1 aromatic heterocycles. The number of methoxy groups -OCH3 is 1. The Kier molecular flexibility index (Phi) is 2.33. The smallest absolute Gasteiger partial charge is 0.267 e. The van der Waals surface area contributed by atoms with Crippen LogP contribution in [0.5, 0.6) is 5.75 Å². The van der Waals surface area contributed by atoms with Crippen molar-refractivity contribution in [3.8, 4) is 5.75 Å². The van der Waals surface area contributed by atoms with E-state index in [0.717, 1.165) is 16.7 Å². The van der Waals surface area contributed by atoms with E-state index in [1.165, 1.54) is 0 Å². The van der Waals surface area contributed by atoms with Gasteiger partial charge in [0, 0.05) is 18.0 Å². The van der Waals surface area contributed by atoms with E-state index in [1.807, 2.05) is 18.2 Å². The van der Waals surface area contributed by atoms with Crippen molar-refractivity contribution in [1.82, 2.24) is 10.3 Å². The zero-order chi connectivity index (χ0) is 10.8. The number of carbonyl (C=O) groups is 1. The van der Waals surface area contributed by atoms with Gasteiger partial charge in [0.15, 0.2) is 0 Å². The molecule has 0 atom stereocenters. The summed E-state index contributed by atoms with van der Waals surface area (Å²) in [5.41, 5.74) is 1.44. The van der Waals surface area contributed by atoms with E-state index < -0.39 is 0 Å². The van der Waals surface area contributed by atoms with E-state index in [-0.39, 0.29) is 5.91 Å². The molecule has 0 aliphatic heterocycles. The lowest BCUT2D eigenvalue weighted by molar-refractivity contribution is 0.0959. The molecule has 0 bridgehead atoms. The summed E-state index contributed by atoms with van der Waals surface area (Å²) < 4.78 is 5.20. The van der Waals surface area contributed by atoms with Crippen LogP contribution in [0.15, 0.2) is 24.3 Å². The van der Waals surface area contributed by atoms with Gasteiger partial charge < -0.3 is 15.0 Å². The number of fused-ring (bicyclic) bond motifs is 1. The van der Waals surface area contributed by atoms with Gasteiger partial charge in [-0.3, -0.25) is 4.79 Å². The zero-order valence-electron chi connectivity index (χ0n) is 8.63. The van der Waals surface area contributed by atoms with Gasteiger partial charge in [0.25, 0.3) is 5.91 Å². The molecule has 1 aromatic carbocycles. The van der Waals surface area contributed by atoms with Crippen molar-refractivity contribution in [2.24, 2.45) is 0 Å². The number of aromatic amines is 1. The van der Waals surface area contributed by atoms with Crippen LogP contribution in [0.2, 0.25) is 0 Å². The van der Waals surface area contributed by atoms with Gasteiger partial charge in [0.1, 0.15) is 11.4 Å². The van der Waals surface area contributed by atoms with Gasteiger partial charge in [0.05, 0.1) is 7.11 Å². The van der Waals surface area contributed by atoms with Crippen LogP contribution in [0.1, 0.15) is 10.5 Å². The van der Waals surface area contributed by atoms with E-state index in [9.17, 15) is 4.79 Å². The highest BCUT2D eigenvalue weighted by Crippen LogP contribution is 2.25. The molecule has 1 heterocycles. The van der Waals surface area contributed by atoms with Gasteiger partial charge in [0.2, 0.25) is 0 Å². The molecule has 15 heavy (non-hydrogen) atoms. The molecule has 0 spiro atoms. The van der Waals surface area contributed by atoms with Crippen LogP contribution in [0.3, 0.4) is 0 Å². The topological polar surface area (TPSA) is 54.1 Å². The second kappa shape index (κ2) is 3.65. The monoisotopic (exact) mass is 204 g/mol. The summed E-state index contributed by atoms with van der Waals surface area (Å²) in [6.07, 6.45) is 0. The maximum Gasteiger partial charge on any atom is 0.267 e. The molecule has 2 aromatic rings. The summed E-state index contributed by atoms with van der Waals surface area (Å²) in [6, 6.07) is 7.44. The van der Waals surface area contributed by atoms with Crippen molar-refractivity contribution >= 4 is 16.8 Å². The molecule has 0 aliphatic rings. The molecule has 0 fully saturated rings. The maximum absolute atomic E-state index is 11.4. The van der Waals surface area contributed by atoms with E-state index in [1.54, 1.807) is 20.2 Å². The minimum Gasteiger partial charge on any atom is -0.496 e. The average Bonchev–Trinajstić information content (AvgIpc) is 2.71. The zero-order valence-corrected chi connectivity index (χ0v) is 8.63. The number of rotatable bonds is 2. The van der Waals surface area contributed by atoms with E-state index in [0.29, 0.717) is 5.69 Å². The van der Waals surface area contributed by atoms with Crippen LogP contribution in [-0.2, 0) is 0 Å². The highest BCUT2D eigenvalue weighted by molar-refractivity contribution is 5.99. The fourth-order valence-corrected chi connectivity index (χ4v) is 1.56. The summed E-state index contributed by atoms with van der Waals surface area (Å²) in [4.78, 5) is 14.4. The number of ether oxygens (including phenoxy) is 1. The summed E-state index contributed by atoms with van der Waals surface area (Å²) in [5.74, 6) is 0.632. The second-order valence-corrected chi connectivity index (χ2v) is 3.18. The van der Waals surface area contributed by atoms with Gasteiger partial charge in [-0.2, -0.15) is 0 Å². The van der Waals surface area contributed by atoms with E-state index in [2.05, 4.69) is 10.3 Å². The molecule has 0 aliphatic carbocycles. The van der Waals surface area contributed by atoms with E-state index in [4.69, 9.17) is 4.74 Å². The van der Waals surface area contributed by atoms with Gasteiger partial charge >= 0.3 is 0 Å². The fraction of sp³-hybridized carbons (Fsp3) is 0.182. The number of benzene rings is 1. The third-order valence-corrected chi connectivity index (χ3v) is 2.32. The van der Waals surface area contributed by atoms with Gasteiger partial charge in [-0.1, -0.05) is 6.07 Å². The van der Waals surface area contributed by atoms with Crippen LogP contribution < -0.4 is 10.1 Å².